The molecule has 0 bridgehead atoms. The van der Waals surface area contributed by atoms with Crippen molar-refractivity contribution in [3.05, 3.63) is 17.8 Å². The molecule has 1 saturated heterocycles. The third-order valence-electron chi connectivity index (χ3n) is 3.01. The Hall–Kier alpha value is -1.86. The molecule has 1 amide bonds. The monoisotopic (exact) mass is 309 g/mol. The lowest BCUT2D eigenvalue weighted by molar-refractivity contribution is 0.0636. The zero-order chi connectivity index (χ0) is 16.2. The molecule has 7 heteroatoms. The van der Waals surface area contributed by atoms with E-state index >= 15 is 0 Å². The molecule has 2 heterocycles. The van der Waals surface area contributed by atoms with Gasteiger partial charge in [0.2, 0.25) is 0 Å². The molecule has 0 spiro atoms. The summed E-state index contributed by atoms with van der Waals surface area (Å²) in [6, 6.07) is 3.41. The first kappa shape index (κ1) is 16.5. The second-order valence-corrected chi connectivity index (χ2v) is 6.09. The zero-order valence-corrected chi connectivity index (χ0v) is 13.3. The van der Waals surface area contributed by atoms with E-state index in [4.69, 9.17) is 9.47 Å². The number of aliphatic hydroxyl groups excluding tert-OH is 1. The number of aliphatic hydroxyl groups is 1. The summed E-state index contributed by atoms with van der Waals surface area (Å²) < 4.78 is 10.6. The number of pyridine rings is 1. The fourth-order valence-electron chi connectivity index (χ4n) is 2.10. The van der Waals surface area contributed by atoms with Crippen molar-refractivity contribution in [1.29, 1.82) is 0 Å². The Balaban J connectivity index is 2.14. The van der Waals surface area contributed by atoms with Gasteiger partial charge in [0.15, 0.2) is 0 Å². The minimum absolute atomic E-state index is 0.193. The van der Waals surface area contributed by atoms with Crippen LogP contribution in [0, 0.1) is 0 Å². The van der Waals surface area contributed by atoms with Crippen LogP contribution in [-0.2, 0) is 16.1 Å². The number of aromatic nitrogens is 1. The smallest absolute Gasteiger partial charge is 0.412 e. The van der Waals surface area contributed by atoms with Crippen LogP contribution in [0.1, 0.15) is 26.5 Å². The molecule has 122 valence electrons. The maximum atomic E-state index is 11.9. The number of hydrogen-bond acceptors (Lipinski definition) is 6. The lowest BCUT2D eigenvalue weighted by atomic mass is 10.2. The van der Waals surface area contributed by atoms with Crippen LogP contribution in [0.3, 0.4) is 0 Å². The van der Waals surface area contributed by atoms with Gasteiger partial charge < -0.3 is 19.5 Å². The van der Waals surface area contributed by atoms with Gasteiger partial charge in [-0.05, 0) is 26.8 Å². The van der Waals surface area contributed by atoms with Crippen LogP contribution in [-0.4, -0.2) is 48.1 Å². The van der Waals surface area contributed by atoms with E-state index in [1.165, 1.54) is 0 Å². The second-order valence-electron chi connectivity index (χ2n) is 6.09. The first-order valence-electron chi connectivity index (χ1n) is 7.32. The number of rotatable bonds is 3. The third kappa shape index (κ3) is 4.85. The molecule has 2 N–H and O–H groups in total. The molecule has 0 unspecified atom stereocenters. The summed E-state index contributed by atoms with van der Waals surface area (Å²) in [5.41, 5.74) is 0.481. The lowest BCUT2D eigenvalue weighted by Gasteiger charge is -2.28. The van der Waals surface area contributed by atoms with E-state index in [1.54, 1.807) is 32.9 Å². The predicted molar refractivity (Wildman–Crippen MR) is 83.0 cm³/mol. The minimum Gasteiger partial charge on any atom is -0.444 e. The lowest BCUT2D eigenvalue weighted by Crippen LogP contribution is -2.37. The standard InChI is InChI=1S/C15H23N3O4/c1-15(2,3)22-14(20)17-11-8-12(10-19)16-13(9-11)18-4-6-21-7-5-18/h8-9,19H,4-7,10H2,1-3H3,(H,16,17,20). The summed E-state index contributed by atoms with van der Waals surface area (Å²) in [4.78, 5) is 18.3. The average Bonchev–Trinajstić information content (AvgIpc) is 2.45. The van der Waals surface area contributed by atoms with Crippen molar-refractivity contribution in [3.8, 4) is 0 Å². The van der Waals surface area contributed by atoms with E-state index in [0.717, 1.165) is 13.1 Å². The summed E-state index contributed by atoms with van der Waals surface area (Å²) in [6.45, 7) is 7.95. The topological polar surface area (TPSA) is 83.9 Å². The molecule has 0 radical (unpaired) electrons. The number of morpholine rings is 1. The van der Waals surface area contributed by atoms with Crippen molar-refractivity contribution in [2.45, 2.75) is 33.0 Å². The second kappa shape index (κ2) is 6.93. The van der Waals surface area contributed by atoms with Crippen molar-refractivity contribution >= 4 is 17.6 Å². The SMILES string of the molecule is CC(C)(C)OC(=O)Nc1cc(CO)nc(N2CCOCC2)c1. The van der Waals surface area contributed by atoms with Gasteiger partial charge in [-0.3, -0.25) is 5.32 Å². The maximum absolute atomic E-state index is 11.9. The first-order chi connectivity index (χ1) is 10.4. The van der Waals surface area contributed by atoms with Crippen molar-refractivity contribution in [3.63, 3.8) is 0 Å². The number of carbonyl (C=O) groups is 1. The average molecular weight is 309 g/mol. The van der Waals surface area contributed by atoms with Gasteiger partial charge >= 0.3 is 6.09 Å². The Kier molecular flexibility index (Phi) is 5.20. The van der Waals surface area contributed by atoms with Gasteiger partial charge in [-0.15, -0.1) is 0 Å². The van der Waals surface area contributed by atoms with E-state index < -0.39 is 11.7 Å². The van der Waals surface area contributed by atoms with E-state index in [2.05, 4.69) is 15.2 Å². The molecule has 0 aliphatic carbocycles. The van der Waals surface area contributed by atoms with Gasteiger partial charge in [0.05, 0.1) is 25.5 Å². The molecule has 0 aromatic carbocycles. The van der Waals surface area contributed by atoms with Crippen LogP contribution in [0.4, 0.5) is 16.3 Å². The normalized spacial score (nSPS) is 15.5. The van der Waals surface area contributed by atoms with E-state index in [-0.39, 0.29) is 6.61 Å². The van der Waals surface area contributed by atoms with Crippen molar-refractivity contribution in [2.75, 3.05) is 36.5 Å². The molecule has 0 saturated carbocycles. The largest absolute Gasteiger partial charge is 0.444 e. The third-order valence-corrected chi connectivity index (χ3v) is 3.01. The maximum Gasteiger partial charge on any atom is 0.412 e. The molecule has 7 nitrogen and oxygen atoms in total. The highest BCUT2D eigenvalue weighted by atomic mass is 16.6. The summed E-state index contributed by atoms with van der Waals surface area (Å²) >= 11 is 0. The van der Waals surface area contributed by atoms with Crippen LogP contribution >= 0.6 is 0 Å². The molecule has 1 fully saturated rings. The van der Waals surface area contributed by atoms with Crippen LogP contribution < -0.4 is 10.2 Å². The van der Waals surface area contributed by atoms with Gasteiger partial charge in [-0.2, -0.15) is 0 Å². The summed E-state index contributed by atoms with van der Waals surface area (Å²) in [5.74, 6) is 0.709. The molecule has 0 atom stereocenters. The molecule has 2 rings (SSSR count). The van der Waals surface area contributed by atoms with E-state index in [1.807, 2.05) is 0 Å². The van der Waals surface area contributed by atoms with Crippen LogP contribution in [0.15, 0.2) is 12.1 Å². The number of hydrogen-bond donors (Lipinski definition) is 2. The quantitative estimate of drug-likeness (QED) is 0.885. The molecule has 1 aliphatic rings. The Morgan fingerprint density at radius 2 is 2.09 bits per heavy atom. The van der Waals surface area contributed by atoms with Crippen molar-refractivity contribution < 1.29 is 19.4 Å². The summed E-state index contributed by atoms with van der Waals surface area (Å²) in [5, 5.41) is 12.0. The molecular weight excluding hydrogens is 286 g/mol. The van der Waals surface area contributed by atoms with Gasteiger partial charge in [0.1, 0.15) is 11.4 Å². The number of nitrogens with zero attached hydrogens (tertiary/aromatic N) is 2. The highest BCUT2D eigenvalue weighted by molar-refractivity contribution is 5.85. The van der Waals surface area contributed by atoms with Gasteiger partial charge in [0, 0.05) is 24.8 Å². The van der Waals surface area contributed by atoms with Crippen LogP contribution in [0.2, 0.25) is 0 Å². The van der Waals surface area contributed by atoms with Gasteiger partial charge in [-0.1, -0.05) is 0 Å². The summed E-state index contributed by atoms with van der Waals surface area (Å²) in [6.07, 6.45) is -0.532. The fraction of sp³-hybridized carbons (Fsp3) is 0.600. The Labute approximate surface area is 130 Å². The van der Waals surface area contributed by atoms with Crippen LogP contribution in [0.5, 0.6) is 0 Å². The number of nitrogens with one attached hydrogen (secondary N) is 1. The zero-order valence-electron chi connectivity index (χ0n) is 13.3. The molecular formula is C15H23N3O4. The molecule has 22 heavy (non-hydrogen) atoms. The Morgan fingerprint density at radius 1 is 1.41 bits per heavy atom. The fourth-order valence-corrected chi connectivity index (χ4v) is 2.10. The predicted octanol–water partition coefficient (Wildman–Crippen LogP) is 1.76. The van der Waals surface area contributed by atoms with Crippen molar-refractivity contribution in [2.24, 2.45) is 0 Å². The first-order valence-corrected chi connectivity index (χ1v) is 7.32. The van der Waals surface area contributed by atoms with Crippen molar-refractivity contribution in [1.82, 2.24) is 4.98 Å². The Bertz CT molecular complexity index is 522. The van der Waals surface area contributed by atoms with Gasteiger partial charge in [0.25, 0.3) is 0 Å². The number of amides is 1. The minimum atomic E-state index is -0.566. The number of carbonyl (C=O) groups excluding carboxylic acids is 1. The van der Waals surface area contributed by atoms with E-state index in [0.29, 0.717) is 30.4 Å². The molecule has 1 aliphatic heterocycles. The Morgan fingerprint density at radius 3 is 2.68 bits per heavy atom. The number of ether oxygens (including phenoxy) is 2. The highest BCUT2D eigenvalue weighted by Crippen LogP contribution is 2.21. The number of anilines is 2. The molecule has 1 aromatic heterocycles. The molecule has 1 aromatic rings. The summed E-state index contributed by atoms with van der Waals surface area (Å²) in [7, 11) is 0. The van der Waals surface area contributed by atoms with Gasteiger partial charge in [-0.25, -0.2) is 9.78 Å². The van der Waals surface area contributed by atoms with E-state index in [9.17, 15) is 9.90 Å². The van der Waals surface area contributed by atoms with Crippen LogP contribution in [0.25, 0.3) is 0 Å². The highest BCUT2D eigenvalue weighted by Gasteiger charge is 2.18.